The standard InChI is InChI=1S/C16H18O4/c1-9(2)4-3-5-10-6-7-11-12(8-10)14(18)16(20)15(19)13(11)17/h6-9,19-20H,3-5H2,1-2H3. The van der Waals surface area contributed by atoms with Gasteiger partial charge >= 0.3 is 0 Å². The molecule has 1 aromatic rings. The number of hydrogen-bond acceptors (Lipinski definition) is 4. The van der Waals surface area contributed by atoms with E-state index in [0.29, 0.717) is 5.92 Å². The molecule has 106 valence electrons. The highest BCUT2D eigenvalue weighted by atomic mass is 16.3. The third kappa shape index (κ3) is 2.59. The Morgan fingerprint density at radius 2 is 1.60 bits per heavy atom. The summed E-state index contributed by atoms with van der Waals surface area (Å²) >= 11 is 0. The molecule has 20 heavy (non-hydrogen) atoms. The van der Waals surface area contributed by atoms with E-state index in [1.165, 1.54) is 0 Å². The van der Waals surface area contributed by atoms with Crippen molar-refractivity contribution in [1.29, 1.82) is 0 Å². The average Bonchev–Trinajstić information content (AvgIpc) is 2.42. The van der Waals surface area contributed by atoms with Crippen LogP contribution in [0.15, 0.2) is 29.7 Å². The lowest BCUT2D eigenvalue weighted by Gasteiger charge is -2.15. The van der Waals surface area contributed by atoms with Crippen LogP contribution in [0.2, 0.25) is 0 Å². The van der Waals surface area contributed by atoms with E-state index in [0.717, 1.165) is 24.8 Å². The molecule has 2 N–H and O–H groups in total. The van der Waals surface area contributed by atoms with Gasteiger partial charge in [-0.1, -0.05) is 26.3 Å². The Hall–Kier alpha value is -2.10. The fourth-order valence-corrected chi connectivity index (χ4v) is 2.32. The topological polar surface area (TPSA) is 74.6 Å². The lowest BCUT2D eigenvalue weighted by molar-refractivity contribution is 0.0881. The first kappa shape index (κ1) is 14.3. The van der Waals surface area contributed by atoms with Crippen molar-refractivity contribution in [3.8, 4) is 0 Å². The van der Waals surface area contributed by atoms with Crippen LogP contribution in [-0.2, 0) is 6.42 Å². The summed E-state index contributed by atoms with van der Waals surface area (Å²) < 4.78 is 0. The van der Waals surface area contributed by atoms with Crippen LogP contribution in [0.4, 0.5) is 0 Å². The molecule has 0 saturated carbocycles. The van der Waals surface area contributed by atoms with Gasteiger partial charge in [-0.15, -0.1) is 0 Å². The van der Waals surface area contributed by atoms with Crippen LogP contribution in [0.1, 0.15) is 53.0 Å². The summed E-state index contributed by atoms with van der Waals surface area (Å²) in [6, 6.07) is 4.97. The van der Waals surface area contributed by atoms with E-state index in [-0.39, 0.29) is 11.1 Å². The summed E-state index contributed by atoms with van der Waals surface area (Å²) in [6.07, 6.45) is 2.92. The van der Waals surface area contributed by atoms with Gasteiger partial charge in [0.15, 0.2) is 0 Å². The first-order chi connectivity index (χ1) is 9.41. The number of rotatable bonds is 4. The molecule has 0 fully saturated rings. The molecule has 0 bridgehead atoms. The number of Topliss-reactive ketones (excluding diaryl/α,β-unsaturated/α-hetero) is 2. The average molecular weight is 274 g/mol. The zero-order valence-corrected chi connectivity index (χ0v) is 11.6. The molecule has 1 aliphatic rings. The zero-order chi connectivity index (χ0) is 14.9. The van der Waals surface area contributed by atoms with Gasteiger partial charge in [-0.3, -0.25) is 9.59 Å². The molecular weight excluding hydrogens is 256 g/mol. The molecule has 0 amide bonds. The summed E-state index contributed by atoms with van der Waals surface area (Å²) in [4.78, 5) is 23.7. The number of aliphatic hydroxyl groups excluding tert-OH is 2. The Morgan fingerprint density at radius 1 is 1.00 bits per heavy atom. The smallest absolute Gasteiger partial charge is 0.232 e. The van der Waals surface area contributed by atoms with Gasteiger partial charge in [0.1, 0.15) is 0 Å². The second-order valence-corrected chi connectivity index (χ2v) is 5.52. The predicted molar refractivity (Wildman–Crippen MR) is 75.2 cm³/mol. The van der Waals surface area contributed by atoms with Crippen molar-refractivity contribution < 1.29 is 19.8 Å². The van der Waals surface area contributed by atoms with Crippen LogP contribution >= 0.6 is 0 Å². The van der Waals surface area contributed by atoms with E-state index in [1.54, 1.807) is 18.2 Å². The molecule has 2 rings (SSSR count). The van der Waals surface area contributed by atoms with Crippen LogP contribution in [0, 0.1) is 5.92 Å². The van der Waals surface area contributed by atoms with Gasteiger partial charge in [-0.25, -0.2) is 0 Å². The van der Waals surface area contributed by atoms with Crippen molar-refractivity contribution in [2.45, 2.75) is 33.1 Å². The van der Waals surface area contributed by atoms with Gasteiger partial charge in [0.2, 0.25) is 23.1 Å². The van der Waals surface area contributed by atoms with Crippen LogP contribution in [-0.4, -0.2) is 21.8 Å². The Kier molecular flexibility index (Phi) is 3.93. The first-order valence-electron chi connectivity index (χ1n) is 6.76. The first-order valence-corrected chi connectivity index (χ1v) is 6.76. The fraction of sp³-hybridized carbons (Fsp3) is 0.375. The molecule has 1 aromatic carbocycles. The summed E-state index contributed by atoms with van der Waals surface area (Å²) in [5, 5.41) is 18.9. The third-order valence-corrected chi connectivity index (χ3v) is 3.47. The van der Waals surface area contributed by atoms with Crippen molar-refractivity contribution in [2.75, 3.05) is 0 Å². The molecular formula is C16H18O4. The predicted octanol–water partition coefficient (Wildman–Crippen LogP) is 3.37. The molecule has 0 aliphatic heterocycles. The highest BCUT2D eigenvalue weighted by molar-refractivity contribution is 6.25. The van der Waals surface area contributed by atoms with E-state index in [1.807, 2.05) is 0 Å². The van der Waals surface area contributed by atoms with Gasteiger partial charge in [-0.2, -0.15) is 0 Å². The number of carbonyl (C=O) groups excluding carboxylic acids is 2. The molecule has 4 heteroatoms. The Balaban J connectivity index is 2.26. The number of benzene rings is 1. The van der Waals surface area contributed by atoms with Crippen molar-refractivity contribution in [3.05, 3.63) is 46.4 Å². The Labute approximate surface area is 117 Å². The monoisotopic (exact) mass is 274 g/mol. The fourth-order valence-electron chi connectivity index (χ4n) is 2.32. The molecule has 0 heterocycles. The molecule has 4 nitrogen and oxygen atoms in total. The third-order valence-electron chi connectivity index (χ3n) is 3.47. The minimum Gasteiger partial charge on any atom is -0.501 e. The summed E-state index contributed by atoms with van der Waals surface area (Å²) in [6.45, 7) is 4.31. The summed E-state index contributed by atoms with van der Waals surface area (Å²) in [7, 11) is 0. The summed E-state index contributed by atoms with van der Waals surface area (Å²) in [5.74, 6) is -2.50. The molecule has 0 unspecified atom stereocenters. The van der Waals surface area contributed by atoms with Gasteiger partial charge in [-0.05, 0) is 36.5 Å². The SMILES string of the molecule is CC(C)CCCc1ccc2c(c1)C(=O)C(O)=C(O)C2=O. The van der Waals surface area contributed by atoms with Crippen molar-refractivity contribution in [1.82, 2.24) is 0 Å². The van der Waals surface area contributed by atoms with Crippen molar-refractivity contribution in [2.24, 2.45) is 5.92 Å². The van der Waals surface area contributed by atoms with Crippen LogP contribution in [0.25, 0.3) is 0 Å². The number of ketones is 2. The lowest BCUT2D eigenvalue weighted by Crippen LogP contribution is -2.22. The quantitative estimate of drug-likeness (QED) is 0.882. The molecule has 0 radical (unpaired) electrons. The number of aliphatic hydroxyl groups is 2. The number of hydrogen-bond donors (Lipinski definition) is 2. The zero-order valence-electron chi connectivity index (χ0n) is 11.6. The molecule has 0 atom stereocenters. The highest BCUT2D eigenvalue weighted by Gasteiger charge is 2.32. The molecule has 0 aromatic heterocycles. The maximum Gasteiger partial charge on any atom is 0.232 e. The maximum atomic E-state index is 11.9. The number of carbonyl (C=O) groups is 2. The second kappa shape index (κ2) is 5.49. The largest absolute Gasteiger partial charge is 0.501 e. The van der Waals surface area contributed by atoms with Crippen LogP contribution in [0.5, 0.6) is 0 Å². The lowest BCUT2D eigenvalue weighted by atomic mass is 9.89. The summed E-state index contributed by atoms with van der Waals surface area (Å²) in [5.41, 5.74) is 1.28. The minimum atomic E-state index is -0.866. The molecule has 1 aliphatic carbocycles. The molecule has 0 saturated heterocycles. The normalized spacial score (nSPS) is 14.9. The van der Waals surface area contributed by atoms with Crippen LogP contribution in [0.3, 0.4) is 0 Å². The van der Waals surface area contributed by atoms with E-state index in [2.05, 4.69) is 13.8 Å². The van der Waals surface area contributed by atoms with Gasteiger partial charge in [0.05, 0.1) is 0 Å². The van der Waals surface area contributed by atoms with Gasteiger partial charge in [0, 0.05) is 11.1 Å². The number of allylic oxidation sites excluding steroid dienone is 2. The van der Waals surface area contributed by atoms with E-state index in [4.69, 9.17) is 0 Å². The number of fused-ring (bicyclic) bond motifs is 1. The van der Waals surface area contributed by atoms with Crippen molar-refractivity contribution >= 4 is 11.6 Å². The minimum absolute atomic E-state index is 0.151. The van der Waals surface area contributed by atoms with E-state index < -0.39 is 23.1 Å². The van der Waals surface area contributed by atoms with Gasteiger partial charge in [0.25, 0.3) is 0 Å². The number of aryl methyl sites for hydroxylation is 1. The molecule has 0 spiro atoms. The Morgan fingerprint density at radius 3 is 2.20 bits per heavy atom. The van der Waals surface area contributed by atoms with E-state index >= 15 is 0 Å². The Bertz CT molecular complexity index is 596. The van der Waals surface area contributed by atoms with Gasteiger partial charge < -0.3 is 10.2 Å². The van der Waals surface area contributed by atoms with Crippen LogP contribution < -0.4 is 0 Å². The highest BCUT2D eigenvalue weighted by Crippen LogP contribution is 2.25. The second-order valence-electron chi connectivity index (χ2n) is 5.52. The maximum absolute atomic E-state index is 11.9. The van der Waals surface area contributed by atoms with Crippen molar-refractivity contribution in [3.63, 3.8) is 0 Å². The van der Waals surface area contributed by atoms with E-state index in [9.17, 15) is 19.8 Å².